The SMILES string of the molecule is CCCc1noc(COC(=O)C2CCSC2)n1. The number of rotatable bonds is 5. The average molecular weight is 256 g/mol. The minimum Gasteiger partial charge on any atom is -0.455 e. The zero-order chi connectivity index (χ0) is 12.1. The molecule has 0 spiro atoms. The third-order valence-electron chi connectivity index (χ3n) is 2.58. The predicted molar refractivity (Wildman–Crippen MR) is 63.5 cm³/mol. The van der Waals surface area contributed by atoms with E-state index >= 15 is 0 Å². The maximum Gasteiger partial charge on any atom is 0.310 e. The van der Waals surface area contributed by atoms with Crippen molar-refractivity contribution >= 4 is 17.7 Å². The fourth-order valence-corrected chi connectivity index (χ4v) is 2.85. The molecule has 1 saturated heterocycles. The van der Waals surface area contributed by atoms with Crippen LogP contribution in [0.25, 0.3) is 0 Å². The highest BCUT2D eigenvalue weighted by molar-refractivity contribution is 7.99. The van der Waals surface area contributed by atoms with Crippen molar-refractivity contribution in [2.24, 2.45) is 5.92 Å². The van der Waals surface area contributed by atoms with Crippen LogP contribution in [0.15, 0.2) is 4.52 Å². The van der Waals surface area contributed by atoms with E-state index in [0.717, 1.165) is 30.8 Å². The molecule has 1 aliphatic heterocycles. The van der Waals surface area contributed by atoms with Gasteiger partial charge in [0.1, 0.15) is 0 Å². The summed E-state index contributed by atoms with van der Waals surface area (Å²) in [5.74, 6) is 2.86. The van der Waals surface area contributed by atoms with Gasteiger partial charge in [-0.3, -0.25) is 4.79 Å². The molecule has 1 aromatic heterocycles. The second-order valence-electron chi connectivity index (χ2n) is 4.02. The summed E-state index contributed by atoms with van der Waals surface area (Å²) in [7, 11) is 0. The van der Waals surface area contributed by atoms with Crippen molar-refractivity contribution in [3.05, 3.63) is 11.7 Å². The Hall–Kier alpha value is -1.04. The van der Waals surface area contributed by atoms with E-state index in [4.69, 9.17) is 9.26 Å². The Balaban J connectivity index is 1.78. The number of thioether (sulfide) groups is 1. The van der Waals surface area contributed by atoms with Crippen LogP contribution in [-0.4, -0.2) is 27.6 Å². The van der Waals surface area contributed by atoms with Crippen molar-refractivity contribution in [2.75, 3.05) is 11.5 Å². The van der Waals surface area contributed by atoms with Crippen LogP contribution in [-0.2, 0) is 22.6 Å². The third kappa shape index (κ3) is 3.46. The summed E-state index contributed by atoms with van der Waals surface area (Å²) in [4.78, 5) is 15.8. The Morgan fingerprint density at radius 1 is 1.65 bits per heavy atom. The first-order valence-corrected chi connectivity index (χ1v) is 7.01. The molecule has 1 atom stereocenters. The molecule has 0 aromatic carbocycles. The maximum absolute atomic E-state index is 11.6. The first-order chi connectivity index (χ1) is 8.29. The summed E-state index contributed by atoms with van der Waals surface area (Å²) in [6.07, 6.45) is 2.67. The molecular formula is C11H16N2O3S. The first-order valence-electron chi connectivity index (χ1n) is 5.85. The second-order valence-corrected chi connectivity index (χ2v) is 5.17. The minimum absolute atomic E-state index is 0.0398. The van der Waals surface area contributed by atoms with Gasteiger partial charge in [-0.2, -0.15) is 16.7 Å². The van der Waals surface area contributed by atoms with Crippen molar-refractivity contribution in [1.29, 1.82) is 0 Å². The smallest absolute Gasteiger partial charge is 0.310 e. The molecule has 0 saturated carbocycles. The van der Waals surface area contributed by atoms with Crippen LogP contribution in [0.1, 0.15) is 31.5 Å². The molecule has 2 rings (SSSR count). The van der Waals surface area contributed by atoms with Gasteiger partial charge in [-0.05, 0) is 18.6 Å². The molecule has 17 heavy (non-hydrogen) atoms. The van der Waals surface area contributed by atoms with Crippen LogP contribution in [0.3, 0.4) is 0 Å². The van der Waals surface area contributed by atoms with Gasteiger partial charge >= 0.3 is 5.97 Å². The van der Waals surface area contributed by atoms with E-state index in [1.165, 1.54) is 0 Å². The molecule has 94 valence electrons. The van der Waals surface area contributed by atoms with Gasteiger partial charge < -0.3 is 9.26 Å². The molecule has 0 radical (unpaired) electrons. The fraction of sp³-hybridized carbons (Fsp3) is 0.727. The molecule has 1 fully saturated rings. The lowest BCUT2D eigenvalue weighted by atomic mass is 10.1. The van der Waals surface area contributed by atoms with Gasteiger partial charge in [0.2, 0.25) is 0 Å². The fourth-order valence-electron chi connectivity index (χ4n) is 1.65. The van der Waals surface area contributed by atoms with Crippen LogP contribution in [0.5, 0.6) is 0 Å². The Bertz CT molecular complexity index is 375. The molecule has 1 aromatic rings. The van der Waals surface area contributed by atoms with Gasteiger partial charge in [0.05, 0.1) is 5.92 Å². The molecule has 0 bridgehead atoms. The monoisotopic (exact) mass is 256 g/mol. The van der Waals surface area contributed by atoms with Crippen molar-refractivity contribution in [2.45, 2.75) is 32.8 Å². The number of aromatic nitrogens is 2. The average Bonchev–Trinajstić information content (AvgIpc) is 2.97. The van der Waals surface area contributed by atoms with E-state index in [2.05, 4.69) is 10.1 Å². The predicted octanol–water partition coefficient (Wildman–Crippen LogP) is 1.82. The Kier molecular flexibility index (Phi) is 4.42. The molecule has 0 amide bonds. The molecule has 1 aliphatic rings. The number of hydrogen-bond acceptors (Lipinski definition) is 6. The Morgan fingerprint density at radius 3 is 3.24 bits per heavy atom. The summed E-state index contributed by atoms with van der Waals surface area (Å²) in [5.41, 5.74) is 0. The summed E-state index contributed by atoms with van der Waals surface area (Å²) in [5, 5.41) is 3.80. The normalized spacial score (nSPS) is 19.5. The van der Waals surface area contributed by atoms with E-state index in [1.54, 1.807) is 11.8 Å². The van der Waals surface area contributed by atoms with Crippen molar-refractivity contribution < 1.29 is 14.1 Å². The van der Waals surface area contributed by atoms with Crippen LogP contribution < -0.4 is 0 Å². The lowest BCUT2D eigenvalue weighted by Gasteiger charge is -2.06. The van der Waals surface area contributed by atoms with Gasteiger partial charge in [-0.1, -0.05) is 12.1 Å². The van der Waals surface area contributed by atoms with E-state index < -0.39 is 0 Å². The number of carbonyl (C=O) groups excluding carboxylic acids is 1. The van der Waals surface area contributed by atoms with E-state index in [-0.39, 0.29) is 18.5 Å². The highest BCUT2D eigenvalue weighted by atomic mass is 32.2. The molecule has 6 heteroatoms. The highest BCUT2D eigenvalue weighted by Crippen LogP contribution is 2.24. The van der Waals surface area contributed by atoms with Gasteiger partial charge in [-0.15, -0.1) is 0 Å². The highest BCUT2D eigenvalue weighted by Gasteiger charge is 2.25. The van der Waals surface area contributed by atoms with Crippen LogP contribution in [0.2, 0.25) is 0 Å². The zero-order valence-corrected chi connectivity index (χ0v) is 10.7. The standard InChI is InChI=1S/C11H16N2O3S/c1-2-3-9-12-10(16-13-9)6-15-11(14)8-4-5-17-7-8/h8H,2-7H2,1H3. The van der Waals surface area contributed by atoms with Crippen molar-refractivity contribution in [3.63, 3.8) is 0 Å². The lowest BCUT2D eigenvalue weighted by molar-refractivity contribution is -0.149. The molecular weight excluding hydrogens is 240 g/mol. The Labute approximate surface area is 104 Å². The van der Waals surface area contributed by atoms with E-state index in [9.17, 15) is 4.79 Å². The van der Waals surface area contributed by atoms with Gasteiger partial charge in [0.25, 0.3) is 5.89 Å². The summed E-state index contributed by atoms with van der Waals surface area (Å²) in [6, 6.07) is 0. The summed E-state index contributed by atoms with van der Waals surface area (Å²) in [6.45, 7) is 2.14. The van der Waals surface area contributed by atoms with Gasteiger partial charge in [0, 0.05) is 12.2 Å². The number of ether oxygens (including phenoxy) is 1. The lowest BCUT2D eigenvalue weighted by Crippen LogP contribution is -2.17. The van der Waals surface area contributed by atoms with Crippen molar-refractivity contribution in [3.8, 4) is 0 Å². The maximum atomic E-state index is 11.6. The quantitative estimate of drug-likeness (QED) is 0.749. The van der Waals surface area contributed by atoms with Gasteiger partial charge in [-0.25, -0.2) is 0 Å². The number of hydrogen-bond donors (Lipinski definition) is 0. The van der Waals surface area contributed by atoms with E-state index in [1.807, 2.05) is 6.92 Å². The summed E-state index contributed by atoms with van der Waals surface area (Å²) < 4.78 is 10.1. The van der Waals surface area contributed by atoms with Crippen LogP contribution >= 0.6 is 11.8 Å². The second kappa shape index (κ2) is 6.05. The number of aryl methyl sites for hydroxylation is 1. The zero-order valence-electron chi connectivity index (χ0n) is 9.85. The summed E-state index contributed by atoms with van der Waals surface area (Å²) >= 11 is 1.79. The number of esters is 1. The largest absolute Gasteiger partial charge is 0.455 e. The third-order valence-corrected chi connectivity index (χ3v) is 3.75. The van der Waals surface area contributed by atoms with E-state index in [0.29, 0.717) is 11.7 Å². The Morgan fingerprint density at radius 2 is 2.53 bits per heavy atom. The molecule has 2 heterocycles. The first kappa shape index (κ1) is 12.4. The van der Waals surface area contributed by atoms with Crippen molar-refractivity contribution in [1.82, 2.24) is 10.1 Å². The number of carbonyl (C=O) groups is 1. The molecule has 0 N–H and O–H groups in total. The topological polar surface area (TPSA) is 65.2 Å². The van der Waals surface area contributed by atoms with Crippen LogP contribution in [0, 0.1) is 5.92 Å². The molecule has 0 aliphatic carbocycles. The van der Waals surface area contributed by atoms with Gasteiger partial charge in [0.15, 0.2) is 12.4 Å². The molecule has 1 unspecified atom stereocenters. The van der Waals surface area contributed by atoms with Crippen LogP contribution in [0.4, 0.5) is 0 Å². The minimum atomic E-state index is -0.148. The number of nitrogens with zero attached hydrogens (tertiary/aromatic N) is 2. The molecule has 5 nitrogen and oxygen atoms in total.